The topological polar surface area (TPSA) is 12.5 Å². The lowest BCUT2D eigenvalue weighted by Gasteiger charge is -2.16. The minimum Gasteiger partial charge on any atom is -0.462 e. The molecule has 0 aromatic heterocycles. The lowest BCUT2D eigenvalue weighted by molar-refractivity contribution is 0.139. The summed E-state index contributed by atoms with van der Waals surface area (Å²) in [5, 5.41) is 0. The maximum absolute atomic E-state index is 5.13. The largest absolute Gasteiger partial charge is 0.462 e. The normalized spacial score (nSPS) is 10.7. The molecule has 0 radical (unpaired) electrons. The van der Waals surface area contributed by atoms with E-state index in [0.29, 0.717) is 0 Å². The molecule has 0 saturated carbocycles. The van der Waals surface area contributed by atoms with Gasteiger partial charge in [-0.3, -0.25) is 7.05 Å². The highest BCUT2D eigenvalue weighted by molar-refractivity contribution is 4.45. The Kier molecular flexibility index (Phi) is 5.99. The summed E-state index contributed by atoms with van der Waals surface area (Å²) in [4.78, 5) is 1.92. The molecule has 0 aliphatic carbocycles. The van der Waals surface area contributed by atoms with Crippen molar-refractivity contribution in [2.24, 2.45) is 0 Å². The summed E-state index contributed by atoms with van der Waals surface area (Å²) in [5.41, 5.74) is 0. The van der Waals surface area contributed by atoms with E-state index in [0.717, 1.165) is 26.2 Å². The van der Waals surface area contributed by atoms with E-state index in [1.807, 2.05) is 18.9 Å². The monoisotopic (exact) mass is 130 g/mol. The van der Waals surface area contributed by atoms with Gasteiger partial charge in [0.2, 0.25) is 0 Å². The van der Waals surface area contributed by atoms with Crippen molar-refractivity contribution >= 4 is 0 Å². The van der Waals surface area contributed by atoms with Crippen molar-refractivity contribution in [3.05, 3.63) is 7.05 Å². The van der Waals surface area contributed by atoms with Gasteiger partial charge in [0.1, 0.15) is 0 Å². The third kappa shape index (κ3) is 7.92. The van der Waals surface area contributed by atoms with Crippen LogP contribution in [-0.2, 0) is 4.74 Å². The fourth-order valence-electron chi connectivity index (χ4n) is 0.581. The molecule has 0 atom stereocenters. The molecule has 0 amide bonds. The molecule has 0 aromatic carbocycles. The SMILES string of the molecule is [CH2-]N(C)CCCOCC. The smallest absolute Gasteiger partial charge is 0.0477 e. The quantitative estimate of drug-likeness (QED) is 0.408. The molecule has 0 heterocycles. The van der Waals surface area contributed by atoms with Gasteiger partial charge in [0.05, 0.1) is 0 Å². The molecule has 2 heteroatoms. The van der Waals surface area contributed by atoms with Gasteiger partial charge in [-0.05, 0) is 26.9 Å². The van der Waals surface area contributed by atoms with Crippen LogP contribution in [-0.4, -0.2) is 31.7 Å². The Bertz CT molecular complexity index is 54.9. The second kappa shape index (κ2) is 6.05. The van der Waals surface area contributed by atoms with Crippen molar-refractivity contribution in [1.29, 1.82) is 0 Å². The van der Waals surface area contributed by atoms with E-state index in [1.165, 1.54) is 0 Å². The van der Waals surface area contributed by atoms with Crippen LogP contribution in [0.3, 0.4) is 0 Å². The van der Waals surface area contributed by atoms with Gasteiger partial charge in [0.15, 0.2) is 0 Å². The van der Waals surface area contributed by atoms with Crippen molar-refractivity contribution in [1.82, 2.24) is 4.90 Å². The van der Waals surface area contributed by atoms with E-state index in [4.69, 9.17) is 4.74 Å². The lowest BCUT2D eigenvalue weighted by Crippen LogP contribution is -2.12. The average Bonchev–Trinajstić information content (AvgIpc) is 1.80. The van der Waals surface area contributed by atoms with Crippen LogP contribution in [0, 0.1) is 7.05 Å². The summed E-state index contributed by atoms with van der Waals surface area (Å²) in [6.07, 6.45) is 1.08. The van der Waals surface area contributed by atoms with Gasteiger partial charge in [0.25, 0.3) is 0 Å². The number of rotatable bonds is 5. The van der Waals surface area contributed by atoms with Crippen molar-refractivity contribution in [2.45, 2.75) is 13.3 Å². The fraction of sp³-hybridized carbons (Fsp3) is 0.857. The molecule has 0 unspecified atom stereocenters. The van der Waals surface area contributed by atoms with E-state index in [9.17, 15) is 0 Å². The zero-order valence-corrected chi connectivity index (χ0v) is 6.39. The predicted molar refractivity (Wildman–Crippen MR) is 39.1 cm³/mol. The molecule has 56 valence electrons. The molecule has 0 N–H and O–H groups in total. The van der Waals surface area contributed by atoms with Crippen LogP contribution in [0.1, 0.15) is 13.3 Å². The first-order valence-electron chi connectivity index (χ1n) is 3.36. The Morgan fingerprint density at radius 1 is 1.56 bits per heavy atom. The van der Waals surface area contributed by atoms with Crippen molar-refractivity contribution in [3.63, 3.8) is 0 Å². The molecular formula is C7H16NO-. The highest BCUT2D eigenvalue weighted by atomic mass is 16.5. The first-order valence-corrected chi connectivity index (χ1v) is 3.36. The van der Waals surface area contributed by atoms with Gasteiger partial charge in [-0.2, -0.15) is 0 Å². The summed E-state index contributed by atoms with van der Waals surface area (Å²) in [6.45, 7) is 4.70. The van der Waals surface area contributed by atoms with E-state index in [-0.39, 0.29) is 0 Å². The number of nitrogens with zero attached hydrogens (tertiary/aromatic N) is 1. The Balaban J connectivity index is 2.75. The van der Waals surface area contributed by atoms with Crippen LogP contribution in [0.15, 0.2) is 0 Å². The van der Waals surface area contributed by atoms with Gasteiger partial charge in [-0.25, -0.2) is 0 Å². The second-order valence-electron chi connectivity index (χ2n) is 2.13. The van der Waals surface area contributed by atoms with Crippen molar-refractivity contribution < 1.29 is 4.74 Å². The molecule has 0 aromatic rings. The number of ether oxygens (including phenoxy) is 1. The molecule has 0 aliphatic heterocycles. The van der Waals surface area contributed by atoms with Crippen LogP contribution in [0.4, 0.5) is 0 Å². The maximum Gasteiger partial charge on any atom is 0.0477 e. The average molecular weight is 130 g/mol. The number of hydrogen-bond donors (Lipinski definition) is 0. The molecule has 9 heavy (non-hydrogen) atoms. The van der Waals surface area contributed by atoms with Gasteiger partial charge < -0.3 is 9.64 Å². The standard InChI is InChI=1S/C7H16NO/c1-4-9-7-5-6-8(2)3/h2,4-7H2,1,3H3/q-1. The van der Waals surface area contributed by atoms with Crippen molar-refractivity contribution in [3.8, 4) is 0 Å². The highest BCUT2D eigenvalue weighted by Crippen LogP contribution is 1.85. The first-order chi connectivity index (χ1) is 4.27. The molecule has 0 fully saturated rings. The Morgan fingerprint density at radius 3 is 2.67 bits per heavy atom. The fourth-order valence-corrected chi connectivity index (χ4v) is 0.581. The molecule has 0 aliphatic rings. The third-order valence-electron chi connectivity index (χ3n) is 1.03. The van der Waals surface area contributed by atoms with E-state index >= 15 is 0 Å². The predicted octanol–water partition coefficient (Wildman–Crippen LogP) is 1.14. The van der Waals surface area contributed by atoms with Crippen LogP contribution < -0.4 is 0 Å². The van der Waals surface area contributed by atoms with Gasteiger partial charge >= 0.3 is 0 Å². The van der Waals surface area contributed by atoms with Gasteiger partial charge in [-0.15, -0.1) is 0 Å². The van der Waals surface area contributed by atoms with Crippen LogP contribution >= 0.6 is 0 Å². The second-order valence-corrected chi connectivity index (χ2v) is 2.13. The molecule has 0 rings (SSSR count). The van der Waals surface area contributed by atoms with Crippen LogP contribution in [0.2, 0.25) is 0 Å². The summed E-state index contributed by atoms with van der Waals surface area (Å²) >= 11 is 0. The summed E-state index contributed by atoms with van der Waals surface area (Å²) in [7, 11) is 5.68. The molecule has 0 bridgehead atoms. The van der Waals surface area contributed by atoms with Crippen LogP contribution in [0.25, 0.3) is 0 Å². The number of hydrogen-bond acceptors (Lipinski definition) is 2. The van der Waals surface area contributed by atoms with E-state index in [1.54, 1.807) is 0 Å². The lowest BCUT2D eigenvalue weighted by atomic mass is 10.4. The van der Waals surface area contributed by atoms with Gasteiger partial charge in [0, 0.05) is 13.2 Å². The summed E-state index contributed by atoms with van der Waals surface area (Å²) < 4.78 is 5.13. The highest BCUT2D eigenvalue weighted by Gasteiger charge is 1.84. The van der Waals surface area contributed by atoms with E-state index in [2.05, 4.69) is 7.05 Å². The zero-order chi connectivity index (χ0) is 7.11. The zero-order valence-electron chi connectivity index (χ0n) is 6.39. The minimum absolute atomic E-state index is 0.820. The Morgan fingerprint density at radius 2 is 2.22 bits per heavy atom. The summed E-state index contributed by atoms with van der Waals surface area (Å²) in [6, 6.07) is 0. The summed E-state index contributed by atoms with van der Waals surface area (Å²) in [5.74, 6) is 0. The molecule has 2 nitrogen and oxygen atoms in total. The third-order valence-corrected chi connectivity index (χ3v) is 1.03. The molecule has 0 spiro atoms. The van der Waals surface area contributed by atoms with E-state index < -0.39 is 0 Å². The Hall–Kier alpha value is -0.0800. The first kappa shape index (κ1) is 8.92. The Labute approximate surface area is 57.8 Å². The molecular weight excluding hydrogens is 114 g/mol. The molecule has 0 saturated heterocycles. The van der Waals surface area contributed by atoms with Gasteiger partial charge in [-0.1, -0.05) is 0 Å². The van der Waals surface area contributed by atoms with Crippen LogP contribution in [0.5, 0.6) is 0 Å². The minimum atomic E-state index is 0.820. The maximum atomic E-state index is 5.13. The van der Waals surface area contributed by atoms with Crippen molar-refractivity contribution in [2.75, 3.05) is 26.8 Å².